The molecule has 1 amide bonds. The molecule has 0 aromatic heterocycles. The highest BCUT2D eigenvalue weighted by Gasteiger charge is 2.41. The van der Waals surface area contributed by atoms with Crippen molar-refractivity contribution in [1.82, 2.24) is 4.90 Å². The Labute approximate surface area is 302 Å². The summed E-state index contributed by atoms with van der Waals surface area (Å²) in [5, 5.41) is 0. The maximum absolute atomic E-state index is 14.3. The first-order chi connectivity index (χ1) is 25.1. The number of benzene rings is 5. The van der Waals surface area contributed by atoms with Crippen LogP contribution in [0.25, 0.3) is 0 Å². The number of carbonyl (C=O) groups is 1. The summed E-state index contributed by atoms with van der Waals surface area (Å²) in [4.78, 5) is 16.0. The number of ether oxygens (including phenoxy) is 4. The van der Waals surface area contributed by atoms with Crippen LogP contribution in [0.4, 0.5) is 4.79 Å². The number of nitrogens with zero attached hydrogens (tertiary/aromatic N) is 1. The third-order valence-electron chi connectivity index (χ3n) is 8.56. The Morgan fingerprint density at radius 2 is 0.922 bits per heavy atom. The van der Waals surface area contributed by atoms with Crippen LogP contribution in [0.5, 0.6) is 0 Å². The van der Waals surface area contributed by atoms with Gasteiger partial charge in [-0.15, -0.1) is 13.2 Å². The fourth-order valence-electron chi connectivity index (χ4n) is 5.91. The van der Waals surface area contributed by atoms with Gasteiger partial charge in [0, 0.05) is 6.54 Å². The summed E-state index contributed by atoms with van der Waals surface area (Å²) in [5.74, 6) is 0. The smallest absolute Gasteiger partial charge is 0.410 e. The van der Waals surface area contributed by atoms with E-state index in [1.165, 1.54) is 0 Å². The predicted molar refractivity (Wildman–Crippen MR) is 202 cm³/mol. The average molecular weight is 682 g/mol. The van der Waals surface area contributed by atoms with Gasteiger partial charge in [0.25, 0.3) is 0 Å². The standard InChI is InChI=1S/C45H47NO5/c1-3-20-41(46(31-36-21-10-5-11-22-36)45(47)51-35-40-29-18-9-19-30-40)43(49-33-38-25-14-7-15-26-38)44(50-34-39-27-16-8-17-28-39)42(4-2)48-32-37-23-12-6-13-24-37/h3-19,21-30,41-44H,1-2,20,31-35H2/t41-,42-,43+,44+/m1/s1. The van der Waals surface area contributed by atoms with E-state index in [4.69, 9.17) is 18.9 Å². The van der Waals surface area contributed by atoms with Crippen molar-refractivity contribution in [1.29, 1.82) is 0 Å². The molecule has 0 aliphatic heterocycles. The van der Waals surface area contributed by atoms with Crippen LogP contribution in [-0.2, 0) is 51.9 Å². The lowest BCUT2D eigenvalue weighted by Gasteiger charge is -2.41. The lowest BCUT2D eigenvalue weighted by Crippen LogP contribution is -2.55. The highest BCUT2D eigenvalue weighted by atomic mass is 16.6. The van der Waals surface area contributed by atoms with Gasteiger partial charge >= 0.3 is 6.09 Å². The van der Waals surface area contributed by atoms with Crippen LogP contribution in [0.1, 0.15) is 34.2 Å². The molecular formula is C45H47NO5. The van der Waals surface area contributed by atoms with Crippen molar-refractivity contribution in [3.8, 4) is 0 Å². The Balaban J connectivity index is 1.54. The van der Waals surface area contributed by atoms with Crippen LogP contribution in [0, 0.1) is 0 Å². The van der Waals surface area contributed by atoms with Crippen molar-refractivity contribution in [2.24, 2.45) is 0 Å². The quantitative estimate of drug-likeness (QED) is 0.0766. The van der Waals surface area contributed by atoms with Crippen LogP contribution in [0.15, 0.2) is 177 Å². The summed E-state index contributed by atoms with van der Waals surface area (Å²) in [5.41, 5.74) is 4.85. The number of hydrogen-bond acceptors (Lipinski definition) is 5. The predicted octanol–water partition coefficient (Wildman–Crippen LogP) is 9.71. The molecule has 6 heteroatoms. The minimum atomic E-state index is -0.696. The molecule has 6 nitrogen and oxygen atoms in total. The Kier molecular flexibility index (Phi) is 14.8. The number of carbonyl (C=O) groups excluding carboxylic acids is 1. The summed E-state index contributed by atoms with van der Waals surface area (Å²) in [6.07, 6.45) is 1.54. The maximum atomic E-state index is 14.3. The molecule has 262 valence electrons. The molecule has 0 aliphatic carbocycles. The Morgan fingerprint density at radius 3 is 1.35 bits per heavy atom. The maximum Gasteiger partial charge on any atom is 0.410 e. The molecule has 4 atom stereocenters. The van der Waals surface area contributed by atoms with E-state index >= 15 is 0 Å². The molecule has 0 fully saturated rings. The summed E-state index contributed by atoms with van der Waals surface area (Å²) >= 11 is 0. The highest BCUT2D eigenvalue weighted by Crippen LogP contribution is 2.28. The minimum Gasteiger partial charge on any atom is -0.445 e. The van der Waals surface area contributed by atoms with Crippen molar-refractivity contribution < 1.29 is 23.7 Å². The lowest BCUT2D eigenvalue weighted by molar-refractivity contribution is -0.158. The average Bonchev–Trinajstić information content (AvgIpc) is 3.19. The summed E-state index contributed by atoms with van der Waals surface area (Å²) in [6.45, 7) is 9.63. The van der Waals surface area contributed by atoms with Gasteiger partial charge in [-0.2, -0.15) is 0 Å². The first-order valence-electron chi connectivity index (χ1n) is 17.4. The van der Waals surface area contributed by atoms with Gasteiger partial charge < -0.3 is 18.9 Å². The van der Waals surface area contributed by atoms with Gasteiger partial charge in [-0.3, -0.25) is 4.90 Å². The molecule has 0 aliphatic rings. The molecule has 0 saturated carbocycles. The fourth-order valence-corrected chi connectivity index (χ4v) is 5.91. The van der Waals surface area contributed by atoms with Crippen LogP contribution in [-0.4, -0.2) is 35.3 Å². The Bertz CT molecular complexity index is 1720. The zero-order valence-corrected chi connectivity index (χ0v) is 29.0. The van der Waals surface area contributed by atoms with Gasteiger partial charge in [0.2, 0.25) is 0 Å². The minimum absolute atomic E-state index is 0.130. The zero-order chi connectivity index (χ0) is 35.5. The molecule has 5 rings (SSSR count). The fraction of sp³-hybridized carbons (Fsp3) is 0.222. The zero-order valence-electron chi connectivity index (χ0n) is 29.0. The van der Waals surface area contributed by atoms with E-state index in [1.807, 2.05) is 158 Å². The highest BCUT2D eigenvalue weighted by molar-refractivity contribution is 5.68. The second-order valence-electron chi connectivity index (χ2n) is 12.3. The molecule has 0 unspecified atom stereocenters. The molecule has 0 spiro atoms. The topological polar surface area (TPSA) is 57.2 Å². The summed E-state index contributed by atoms with van der Waals surface area (Å²) < 4.78 is 26.3. The van der Waals surface area contributed by atoms with Crippen molar-refractivity contribution in [3.63, 3.8) is 0 Å². The van der Waals surface area contributed by atoms with Crippen molar-refractivity contribution >= 4 is 6.09 Å². The number of rotatable bonds is 20. The second-order valence-corrected chi connectivity index (χ2v) is 12.3. The Hall–Kier alpha value is -5.27. The van der Waals surface area contributed by atoms with E-state index in [9.17, 15) is 4.79 Å². The van der Waals surface area contributed by atoms with E-state index in [1.54, 1.807) is 11.0 Å². The molecule has 51 heavy (non-hydrogen) atoms. The van der Waals surface area contributed by atoms with E-state index < -0.39 is 30.4 Å². The molecule has 5 aromatic carbocycles. The second kappa shape index (κ2) is 20.4. The van der Waals surface area contributed by atoms with Crippen molar-refractivity contribution in [3.05, 3.63) is 205 Å². The van der Waals surface area contributed by atoms with E-state index in [0.29, 0.717) is 19.6 Å². The third kappa shape index (κ3) is 11.6. The lowest BCUT2D eigenvalue weighted by atomic mass is 9.95. The molecule has 0 heterocycles. The third-order valence-corrected chi connectivity index (χ3v) is 8.56. The molecule has 0 radical (unpaired) electrons. The van der Waals surface area contributed by atoms with E-state index in [2.05, 4.69) is 13.2 Å². The van der Waals surface area contributed by atoms with Gasteiger partial charge in [-0.1, -0.05) is 164 Å². The van der Waals surface area contributed by atoms with Crippen molar-refractivity contribution in [2.45, 2.75) is 63.7 Å². The molecule has 5 aromatic rings. The number of amides is 1. The van der Waals surface area contributed by atoms with Gasteiger partial charge in [0.05, 0.1) is 25.9 Å². The van der Waals surface area contributed by atoms with Crippen LogP contribution in [0.3, 0.4) is 0 Å². The monoisotopic (exact) mass is 681 g/mol. The SMILES string of the molecule is C=CC[C@H]([C@H](OCc1ccccc1)[C@@H](OCc1ccccc1)[C@@H](C=C)OCc1ccccc1)N(Cc1ccccc1)C(=O)OCc1ccccc1. The molecular weight excluding hydrogens is 634 g/mol. The molecule has 0 N–H and O–H groups in total. The summed E-state index contributed by atoms with van der Waals surface area (Å²) in [7, 11) is 0. The molecule has 0 bridgehead atoms. The van der Waals surface area contributed by atoms with Gasteiger partial charge in [0.1, 0.15) is 24.9 Å². The normalized spacial score (nSPS) is 13.3. The summed E-state index contributed by atoms with van der Waals surface area (Å²) in [6, 6.07) is 49.0. The largest absolute Gasteiger partial charge is 0.445 e. The molecule has 0 saturated heterocycles. The first-order valence-corrected chi connectivity index (χ1v) is 17.4. The van der Waals surface area contributed by atoms with Crippen LogP contribution in [0.2, 0.25) is 0 Å². The number of hydrogen-bond donors (Lipinski definition) is 0. The first kappa shape index (κ1) is 37.0. The Morgan fingerprint density at radius 1 is 0.529 bits per heavy atom. The van der Waals surface area contributed by atoms with Gasteiger partial charge in [-0.25, -0.2) is 4.79 Å². The van der Waals surface area contributed by atoms with E-state index in [-0.39, 0.29) is 19.8 Å². The van der Waals surface area contributed by atoms with Crippen LogP contribution >= 0.6 is 0 Å². The van der Waals surface area contributed by atoms with Crippen molar-refractivity contribution in [2.75, 3.05) is 0 Å². The van der Waals surface area contributed by atoms with E-state index in [0.717, 1.165) is 27.8 Å². The van der Waals surface area contributed by atoms with Gasteiger partial charge in [0.15, 0.2) is 0 Å². The van der Waals surface area contributed by atoms with Crippen LogP contribution < -0.4 is 0 Å². The van der Waals surface area contributed by atoms with Gasteiger partial charge in [-0.05, 0) is 34.2 Å².